The summed E-state index contributed by atoms with van der Waals surface area (Å²) in [7, 11) is 0. The second-order valence-electron chi connectivity index (χ2n) is 27.3. The lowest BCUT2D eigenvalue weighted by Crippen LogP contribution is -2.39. The van der Waals surface area contributed by atoms with E-state index in [1.165, 1.54) is 424 Å². The van der Waals surface area contributed by atoms with Crippen LogP contribution in [0.2, 0.25) is 0 Å². The molecule has 1 aliphatic rings. The molecule has 0 N–H and O–H groups in total. The molecule has 0 bridgehead atoms. The topological polar surface area (TPSA) is 9.23 Å². The SMILES string of the molecule is CCCCCCCCCCCCCCCCC(CCCCCCCCCCCCC)C(CCCCCCCCCCCCC)C(CCCCCCCCCCCCC)C(CCCCCCCCCCCCC)C1CCCCO1. The van der Waals surface area contributed by atoms with Crippen LogP contribution in [0.5, 0.6) is 0 Å². The van der Waals surface area contributed by atoms with Gasteiger partial charge < -0.3 is 4.74 Å². The minimum absolute atomic E-state index is 0.531. The summed E-state index contributed by atoms with van der Waals surface area (Å²) in [5.41, 5.74) is 0. The first-order valence-corrected chi connectivity index (χ1v) is 38.3. The fourth-order valence-corrected chi connectivity index (χ4v) is 14.7. The zero-order valence-electron chi connectivity index (χ0n) is 55.7. The summed E-state index contributed by atoms with van der Waals surface area (Å²) in [5, 5.41) is 0. The van der Waals surface area contributed by atoms with Crippen molar-refractivity contribution >= 4 is 0 Å². The Labute approximate surface area is 497 Å². The van der Waals surface area contributed by atoms with Gasteiger partial charge in [0, 0.05) is 6.61 Å². The van der Waals surface area contributed by atoms with Crippen LogP contribution in [0.25, 0.3) is 0 Å². The summed E-state index contributed by atoms with van der Waals surface area (Å²) in [6, 6.07) is 0. The molecule has 1 fully saturated rings. The van der Waals surface area contributed by atoms with Crippen LogP contribution in [0, 0.1) is 23.7 Å². The van der Waals surface area contributed by atoms with E-state index in [-0.39, 0.29) is 0 Å². The normalized spacial score (nSPS) is 15.6. The summed E-state index contributed by atoms with van der Waals surface area (Å²) >= 11 is 0. The van der Waals surface area contributed by atoms with Gasteiger partial charge in [-0.3, -0.25) is 0 Å². The molecule has 0 aromatic carbocycles. The summed E-state index contributed by atoms with van der Waals surface area (Å²) in [4.78, 5) is 0. The van der Waals surface area contributed by atoms with Gasteiger partial charge in [0.15, 0.2) is 0 Å². The second kappa shape index (κ2) is 64.5. The highest BCUT2D eigenvalue weighted by atomic mass is 16.5. The molecule has 0 aromatic rings. The van der Waals surface area contributed by atoms with Crippen LogP contribution in [0.3, 0.4) is 0 Å². The van der Waals surface area contributed by atoms with Crippen LogP contribution in [0.4, 0.5) is 0 Å². The van der Waals surface area contributed by atoms with E-state index in [2.05, 4.69) is 34.6 Å². The Morgan fingerprint density at radius 1 is 0.231 bits per heavy atom. The zero-order chi connectivity index (χ0) is 56.0. The van der Waals surface area contributed by atoms with E-state index in [1.54, 1.807) is 0 Å². The Morgan fingerprint density at radius 3 is 0.692 bits per heavy atom. The van der Waals surface area contributed by atoms with Gasteiger partial charge in [-0.1, -0.05) is 420 Å². The number of hydrogen-bond acceptors (Lipinski definition) is 1. The number of hydrogen-bond donors (Lipinski definition) is 0. The first kappa shape index (κ1) is 76.0. The third-order valence-electron chi connectivity index (χ3n) is 19.9. The number of rotatable bonds is 67. The van der Waals surface area contributed by atoms with E-state index >= 15 is 0 Å². The van der Waals surface area contributed by atoms with Gasteiger partial charge >= 0.3 is 0 Å². The molecule has 0 amide bonds. The van der Waals surface area contributed by atoms with E-state index < -0.39 is 0 Å². The van der Waals surface area contributed by atoms with E-state index in [0.29, 0.717) is 6.10 Å². The van der Waals surface area contributed by atoms with Crippen molar-refractivity contribution in [2.75, 3.05) is 6.61 Å². The average molecular weight is 1100 g/mol. The van der Waals surface area contributed by atoms with Crippen LogP contribution < -0.4 is 0 Å². The van der Waals surface area contributed by atoms with Crippen LogP contribution in [0.15, 0.2) is 0 Å². The molecular weight excluding hydrogens is 941 g/mol. The highest BCUT2D eigenvalue weighted by molar-refractivity contribution is 4.88. The van der Waals surface area contributed by atoms with Gasteiger partial charge in [0.2, 0.25) is 0 Å². The second-order valence-corrected chi connectivity index (χ2v) is 27.3. The van der Waals surface area contributed by atoms with Crippen molar-refractivity contribution in [2.45, 2.75) is 464 Å². The molecule has 5 unspecified atom stereocenters. The fraction of sp³-hybridized carbons (Fsp3) is 1.00. The number of unbranched alkanes of at least 4 members (excludes halogenated alkanes) is 53. The third kappa shape index (κ3) is 50.5. The Bertz CT molecular complexity index is 1060. The van der Waals surface area contributed by atoms with Crippen molar-refractivity contribution in [2.24, 2.45) is 23.7 Å². The highest BCUT2D eigenvalue weighted by Gasteiger charge is 2.38. The van der Waals surface area contributed by atoms with Crippen molar-refractivity contribution in [3.8, 4) is 0 Å². The molecule has 1 heteroatoms. The van der Waals surface area contributed by atoms with E-state index in [1.807, 2.05) is 0 Å². The van der Waals surface area contributed by atoms with E-state index in [9.17, 15) is 0 Å². The van der Waals surface area contributed by atoms with Crippen LogP contribution in [-0.4, -0.2) is 12.7 Å². The van der Waals surface area contributed by atoms with Crippen LogP contribution in [-0.2, 0) is 4.74 Å². The Balaban J connectivity index is 3.31. The average Bonchev–Trinajstić information content (AvgIpc) is 3.46. The molecule has 0 saturated carbocycles. The zero-order valence-corrected chi connectivity index (χ0v) is 55.7. The largest absolute Gasteiger partial charge is 0.378 e. The van der Waals surface area contributed by atoms with Gasteiger partial charge in [-0.2, -0.15) is 0 Å². The molecule has 1 rings (SSSR count). The van der Waals surface area contributed by atoms with Crippen molar-refractivity contribution in [1.29, 1.82) is 0 Å². The lowest BCUT2D eigenvalue weighted by Gasteiger charge is -2.43. The lowest BCUT2D eigenvalue weighted by atomic mass is 9.65. The third-order valence-corrected chi connectivity index (χ3v) is 19.9. The van der Waals surface area contributed by atoms with Gasteiger partial charge in [-0.25, -0.2) is 0 Å². The molecular formula is C77H154O. The van der Waals surface area contributed by atoms with Gasteiger partial charge in [0.05, 0.1) is 6.10 Å². The fourth-order valence-electron chi connectivity index (χ4n) is 14.7. The molecule has 0 aromatic heterocycles. The Hall–Kier alpha value is -0.0400. The van der Waals surface area contributed by atoms with Gasteiger partial charge in [-0.15, -0.1) is 0 Å². The molecule has 1 nitrogen and oxygen atoms in total. The minimum atomic E-state index is 0.531. The highest BCUT2D eigenvalue weighted by Crippen LogP contribution is 2.45. The Kier molecular flexibility index (Phi) is 62.8. The molecule has 1 saturated heterocycles. The summed E-state index contributed by atoms with van der Waals surface area (Å²) in [6.45, 7) is 12.8. The van der Waals surface area contributed by atoms with Crippen LogP contribution in [0.1, 0.15) is 458 Å². The van der Waals surface area contributed by atoms with Gasteiger partial charge in [0.25, 0.3) is 0 Å². The van der Waals surface area contributed by atoms with Crippen molar-refractivity contribution in [3.05, 3.63) is 0 Å². The molecule has 78 heavy (non-hydrogen) atoms. The standard InChI is InChI=1S/C77H154O/c1-6-11-16-21-26-31-36-37-38-43-45-50-55-60-67-73(66-59-54-49-44-39-32-27-22-17-12-7-2)74(68-61-56-51-46-40-33-28-23-18-13-8-3)75(69-62-57-52-47-41-34-29-24-19-14-9-4)76(77-71-64-65-72-78-77)70-63-58-53-48-42-35-30-25-20-15-10-5/h73-77H,6-72H2,1-5H3. The smallest absolute Gasteiger partial charge is 0.0606 e. The van der Waals surface area contributed by atoms with Crippen molar-refractivity contribution in [3.63, 3.8) is 0 Å². The van der Waals surface area contributed by atoms with Crippen molar-refractivity contribution < 1.29 is 4.74 Å². The summed E-state index contributed by atoms with van der Waals surface area (Å²) < 4.78 is 7.08. The molecule has 0 aliphatic carbocycles. The molecule has 5 atom stereocenters. The maximum atomic E-state index is 7.08. The maximum absolute atomic E-state index is 7.08. The van der Waals surface area contributed by atoms with E-state index in [0.717, 1.165) is 30.3 Å². The molecule has 1 aliphatic heterocycles. The molecule has 0 radical (unpaired) electrons. The molecule has 468 valence electrons. The predicted molar refractivity (Wildman–Crippen MR) is 357 cm³/mol. The van der Waals surface area contributed by atoms with Crippen LogP contribution >= 0.6 is 0 Å². The number of ether oxygens (including phenoxy) is 1. The van der Waals surface area contributed by atoms with Gasteiger partial charge in [-0.05, 0) is 62.2 Å². The maximum Gasteiger partial charge on any atom is 0.0606 e. The van der Waals surface area contributed by atoms with Crippen molar-refractivity contribution in [1.82, 2.24) is 0 Å². The predicted octanol–water partition coefficient (Wildman–Crippen LogP) is 28.7. The summed E-state index contributed by atoms with van der Waals surface area (Å²) in [5.74, 6) is 3.52. The summed E-state index contributed by atoms with van der Waals surface area (Å²) in [6.07, 6.45) is 97.3. The molecule has 0 spiro atoms. The first-order valence-electron chi connectivity index (χ1n) is 38.3. The molecule has 1 heterocycles. The monoisotopic (exact) mass is 1100 g/mol. The lowest BCUT2D eigenvalue weighted by molar-refractivity contribution is -0.0586. The Morgan fingerprint density at radius 2 is 0.449 bits per heavy atom. The quantitative estimate of drug-likeness (QED) is 0.0552. The van der Waals surface area contributed by atoms with E-state index in [4.69, 9.17) is 4.74 Å². The minimum Gasteiger partial charge on any atom is -0.378 e. The van der Waals surface area contributed by atoms with Gasteiger partial charge in [0.1, 0.15) is 0 Å². The first-order chi connectivity index (χ1) is 38.7.